The minimum absolute atomic E-state index is 0.0797. The van der Waals surface area contributed by atoms with E-state index in [1.54, 1.807) is 13.2 Å². The van der Waals surface area contributed by atoms with Crippen LogP contribution in [0.15, 0.2) is 24.3 Å². The van der Waals surface area contributed by atoms with E-state index in [0.717, 1.165) is 30.7 Å². The molecule has 1 aliphatic heterocycles. The lowest BCUT2D eigenvalue weighted by Gasteiger charge is -2.20. The lowest BCUT2D eigenvalue weighted by Crippen LogP contribution is -2.34. The van der Waals surface area contributed by atoms with Crippen LogP contribution in [-0.2, 0) is 19.3 Å². The van der Waals surface area contributed by atoms with Gasteiger partial charge in [-0.1, -0.05) is 19.9 Å². The zero-order valence-corrected chi connectivity index (χ0v) is 15.7. The highest BCUT2D eigenvalue weighted by Crippen LogP contribution is 2.22. The average molecular weight is 354 g/mol. The number of carbonyl (C=O) groups excluding carboxylic acids is 1. The minimum atomic E-state index is -0.0797. The lowest BCUT2D eigenvalue weighted by atomic mass is 10.0. The van der Waals surface area contributed by atoms with E-state index in [-0.39, 0.29) is 11.9 Å². The third-order valence-electron chi connectivity index (χ3n) is 4.64. The van der Waals surface area contributed by atoms with Gasteiger partial charge in [0.15, 0.2) is 0 Å². The molecule has 1 aliphatic rings. The van der Waals surface area contributed by atoms with Crippen LogP contribution in [0.2, 0.25) is 0 Å². The molecule has 1 amide bonds. The Kier molecular flexibility index (Phi) is 5.40. The number of aromatic nitrogens is 2. The summed E-state index contributed by atoms with van der Waals surface area (Å²) in [6, 6.07) is 7.90. The van der Waals surface area contributed by atoms with Crippen LogP contribution in [0, 0.1) is 5.92 Å². The fraction of sp³-hybridized carbons (Fsp3) is 0.450. The number of carbonyl (C=O) groups is 1. The maximum atomic E-state index is 13.0. The van der Waals surface area contributed by atoms with Gasteiger partial charge in [-0.3, -0.25) is 4.79 Å². The molecule has 26 heavy (non-hydrogen) atoms. The molecule has 0 saturated heterocycles. The van der Waals surface area contributed by atoms with Crippen LogP contribution in [0.25, 0.3) is 0 Å². The molecular weight excluding hydrogens is 328 g/mol. The van der Waals surface area contributed by atoms with E-state index in [1.165, 1.54) is 11.1 Å². The van der Waals surface area contributed by atoms with Crippen molar-refractivity contribution >= 4 is 11.9 Å². The third kappa shape index (κ3) is 4.12. The van der Waals surface area contributed by atoms with Gasteiger partial charge in [-0.15, -0.1) is 0 Å². The van der Waals surface area contributed by atoms with Crippen LogP contribution in [0.4, 0.5) is 5.95 Å². The zero-order valence-electron chi connectivity index (χ0n) is 15.7. The zero-order chi connectivity index (χ0) is 18.7. The molecule has 2 heterocycles. The fourth-order valence-corrected chi connectivity index (χ4v) is 3.34. The van der Waals surface area contributed by atoms with Gasteiger partial charge in [0.05, 0.1) is 7.11 Å². The fourth-order valence-electron chi connectivity index (χ4n) is 3.34. The number of nitrogens with zero attached hydrogens (tertiary/aromatic N) is 3. The van der Waals surface area contributed by atoms with Gasteiger partial charge in [-0.05, 0) is 54.5 Å². The van der Waals surface area contributed by atoms with Crippen LogP contribution in [0.3, 0.4) is 0 Å². The maximum Gasteiger partial charge on any atom is 0.272 e. The number of benzene rings is 1. The first-order chi connectivity index (χ1) is 12.5. The highest BCUT2D eigenvalue weighted by molar-refractivity contribution is 5.92. The van der Waals surface area contributed by atoms with Crippen LogP contribution in [-0.4, -0.2) is 41.0 Å². The van der Waals surface area contributed by atoms with Crippen LogP contribution >= 0.6 is 0 Å². The minimum Gasteiger partial charge on any atom is -0.497 e. The van der Waals surface area contributed by atoms with Gasteiger partial charge < -0.3 is 15.4 Å². The number of hydrogen-bond donors (Lipinski definition) is 1. The predicted molar refractivity (Wildman–Crippen MR) is 101 cm³/mol. The first kappa shape index (κ1) is 18.2. The Morgan fingerprint density at radius 2 is 1.92 bits per heavy atom. The molecule has 0 spiro atoms. The van der Waals surface area contributed by atoms with E-state index >= 15 is 0 Å². The molecule has 0 radical (unpaired) electrons. The number of methoxy groups -OCH3 is 1. The SMILES string of the molecule is COc1ccc2c(c1)CCN(C(=O)c1cc(CC(C)C)nc(N)n1)CC2. The quantitative estimate of drug-likeness (QED) is 0.912. The highest BCUT2D eigenvalue weighted by Gasteiger charge is 2.22. The molecule has 3 rings (SSSR count). The number of nitrogens with two attached hydrogens (primary N) is 1. The Bertz CT molecular complexity index is 804. The van der Waals surface area contributed by atoms with Crippen molar-refractivity contribution in [2.45, 2.75) is 33.1 Å². The monoisotopic (exact) mass is 354 g/mol. The van der Waals surface area contributed by atoms with Crippen molar-refractivity contribution in [3.8, 4) is 5.75 Å². The van der Waals surface area contributed by atoms with Gasteiger partial charge in [0.25, 0.3) is 5.91 Å². The van der Waals surface area contributed by atoms with Crippen LogP contribution < -0.4 is 10.5 Å². The van der Waals surface area contributed by atoms with Gasteiger partial charge >= 0.3 is 0 Å². The number of fused-ring (bicyclic) bond motifs is 1. The Hall–Kier alpha value is -2.63. The second-order valence-corrected chi connectivity index (χ2v) is 7.13. The van der Waals surface area contributed by atoms with Crippen molar-refractivity contribution in [2.24, 2.45) is 5.92 Å². The molecule has 0 saturated carbocycles. The Morgan fingerprint density at radius 3 is 2.62 bits per heavy atom. The van der Waals surface area contributed by atoms with Crippen molar-refractivity contribution in [3.63, 3.8) is 0 Å². The summed E-state index contributed by atoms with van der Waals surface area (Å²) in [5, 5.41) is 0. The second kappa shape index (κ2) is 7.72. The molecule has 2 aromatic rings. The summed E-state index contributed by atoms with van der Waals surface area (Å²) in [6.45, 7) is 5.55. The van der Waals surface area contributed by atoms with Gasteiger partial charge in [-0.2, -0.15) is 0 Å². The van der Waals surface area contributed by atoms with Crippen LogP contribution in [0.5, 0.6) is 5.75 Å². The van der Waals surface area contributed by atoms with Crippen molar-refractivity contribution in [1.29, 1.82) is 0 Å². The second-order valence-electron chi connectivity index (χ2n) is 7.13. The predicted octanol–water partition coefficient (Wildman–Crippen LogP) is 2.51. The van der Waals surface area contributed by atoms with E-state index in [9.17, 15) is 4.79 Å². The van der Waals surface area contributed by atoms with E-state index in [1.807, 2.05) is 11.0 Å². The Balaban J connectivity index is 1.78. The molecule has 138 valence electrons. The van der Waals surface area contributed by atoms with E-state index in [4.69, 9.17) is 10.5 Å². The van der Waals surface area contributed by atoms with Crippen molar-refractivity contribution in [2.75, 3.05) is 25.9 Å². The summed E-state index contributed by atoms with van der Waals surface area (Å²) >= 11 is 0. The molecule has 0 bridgehead atoms. The standard InChI is InChI=1S/C20H26N4O2/c1-13(2)10-16-12-18(23-20(21)22-16)19(25)24-8-6-14-4-5-17(26-3)11-15(14)7-9-24/h4-5,11-13H,6-10H2,1-3H3,(H2,21,22,23). The summed E-state index contributed by atoms with van der Waals surface area (Å²) in [7, 11) is 1.67. The maximum absolute atomic E-state index is 13.0. The summed E-state index contributed by atoms with van der Waals surface area (Å²) in [5.74, 6) is 1.37. The number of nitrogen functional groups attached to an aromatic ring is 1. The van der Waals surface area contributed by atoms with Crippen molar-refractivity contribution in [3.05, 3.63) is 46.8 Å². The molecule has 0 fully saturated rings. The van der Waals surface area contributed by atoms with E-state index in [2.05, 4.69) is 35.9 Å². The largest absolute Gasteiger partial charge is 0.497 e. The molecule has 1 aromatic heterocycles. The third-order valence-corrected chi connectivity index (χ3v) is 4.64. The number of ether oxygens (including phenoxy) is 1. The first-order valence-corrected chi connectivity index (χ1v) is 9.04. The lowest BCUT2D eigenvalue weighted by molar-refractivity contribution is 0.0757. The smallest absolute Gasteiger partial charge is 0.272 e. The molecule has 0 unspecified atom stereocenters. The number of anilines is 1. The summed E-state index contributed by atoms with van der Waals surface area (Å²) < 4.78 is 5.31. The molecule has 0 atom stereocenters. The highest BCUT2D eigenvalue weighted by atomic mass is 16.5. The molecule has 6 heteroatoms. The van der Waals surface area contributed by atoms with Crippen molar-refractivity contribution < 1.29 is 9.53 Å². The summed E-state index contributed by atoms with van der Waals surface area (Å²) in [4.78, 5) is 23.3. The summed E-state index contributed by atoms with van der Waals surface area (Å²) in [5.41, 5.74) is 9.54. The molecular formula is C20H26N4O2. The van der Waals surface area contributed by atoms with E-state index in [0.29, 0.717) is 24.7 Å². The first-order valence-electron chi connectivity index (χ1n) is 9.04. The van der Waals surface area contributed by atoms with Crippen LogP contribution in [0.1, 0.15) is 41.2 Å². The van der Waals surface area contributed by atoms with Gasteiger partial charge in [0.2, 0.25) is 5.95 Å². The molecule has 1 aromatic carbocycles. The van der Waals surface area contributed by atoms with Crippen molar-refractivity contribution in [1.82, 2.24) is 14.9 Å². The average Bonchev–Trinajstić information content (AvgIpc) is 2.81. The number of hydrogen-bond acceptors (Lipinski definition) is 5. The Morgan fingerprint density at radius 1 is 1.19 bits per heavy atom. The Labute approximate surface area is 154 Å². The molecule has 6 nitrogen and oxygen atoms in total. The van der Waals surface area contributed by atoms with E-state index < -0.39 is 0 Å². The molecule has 2 N–H and O–H groups in total. The summed E-state index contributed by atoms with van der Waals surface area (Å²) in [6.07, 6.45) is 2.40. The van der Waals surface area contributed by atoms with Gasteiger partial charge in [0, 0.05) is 18.8 Å². The van der Waals surface area contributed by atoms with Gasteiger partial charge in [0.1, 0.15) is 11.4 Å². The number of rotatable bonds is 4. The molecule has 0 aliphatic carbocycles. The normalized spacial score (nSPS) is 14.1. The topological polar surface area (TPSA) is 81.3 Å². The number of amides is 1. The van der Waals surface area contributed by atoms with Gasteiger partial charge in [-0.25, -0.2) is 9.97 Å².